The van der Waals surface area contributed by atoms with Gasteiger partial charge in [-0.15, -0.1) is 0 Å². The second-order valence-electron chi connectivity index (χ2n) is 7.57. The number of nitrogens with zero attached hydrogens (tertiary/aromatic N) is 3. The quantitative estimate of drug-likeness (QED) is 0.526. The highest BCUT2D eigenvalue weighted by molar-refractivity contribution is 6.31. The Balaban J connectivity index is 1.80. The molecule has 0 unspecified atom stereocenters. The fourth-order valence-electron chi connectivity index (χ4n) is 3.79. The van der Waals surface area contributed by atoms with E-state index >= 15 is 0 Å². The van der Waals surface area contributed by atoms with Gasteiger partial charge in [-0.2, -0.15) is 13.2 Å². The molecule has 0 bridgehead atoms. The highest BCUT2D eigenvalue weighted by atomic mass is 35.5. The lowest BCUT2D eigenvalue weighted by atomic mass is 9.83. The number of ether oxygens (including phenoxy) is 1. The van der Waals surface area contributed by atoms with E-state index in [0.717, 1.165) is 12.1 Å². The second-order valence-corrected chi connectivity index (χ2v) is 8.00. The average Bonchev–Trinajstić information content (AvgIpc) is 2.75. The zero-order valence-electron chi connectivity index (χ0n) is 16.6. The van der Waals surface area contributed by atoms with Crippen LogP contribution in [0.3, 0.4) is 0 Å². The van der Waals surface area contributed by atoms with E-state index in [4.69, 9.17) is 17.3 Å². The SMILES string of the molecule is NC1=N[C@](CF)(c2cc(Cc3nccc4cc(Cl)cnc34)cc(F)c2F)C[C@@H](C(F)(F)F)O1. The van der Waals surface area contributed by atoms with Crippen LogP contribution in [0.15, 0.2) is 41.7 Å². The standard InChI is InChI=1S/C21H15ClF6N4O/c22-12-6-11-1-2-30-15(18(11)31-8-12)5-10-3-13(17(25)14(24)4-10)20(9-23)7-16(21(26,27)28)33-19(29)32-20/h1-4,6,8,16H,5,7,9H2,(H2,29,32)/t16-,20+/m0/s1. The van der Waals surface area contributed by atoms with Crippen LogP contribution in [0.2, 0.25) is 5.02 Å². The molecule has 2 N–H and O–H groups in total. The maximum absolute atomic E-state index is 14.8. The monoisotopic (exact) mass is 488 g/mol. The second kappa shape index (κ2) is 8.36. The van der Waals surface area contributed by atoms with E-state index in [1.165, 1.54) is 12.4 Å². The number of rotatable bonds is 4. The first kappa shape index (κ1) is 23.1. The Hall–Kier alpha value is -3.08. The molecule has 1 aliphatic rings. The van der Waals surface area contributed by atoms with Gasteiger partial charge in [0.2, 0.25) is 0 Å². The van der Waals surface area contributed by atoms with Gasteiger partial charge in [0.1, 0.15) is 12.2 Å². The summed E-state index contributed by atoms with van der Waals surface area (Å²) in [6, 6.07) is 4.24. The largest absolute Gasteiger partial charge is 0.452 e. The van der Waals surface area contributed by atoms with Gasteiger partial charge in [0.25, 0.3) is 6.02 Å². The zero-order valence-corrected chi connectivity index (χ0v) is 17.4. The number of pyridine rings is 2. The van der Waals surface area contributed by atoms with Crippen molar-refractivity contribution in [2.75, 3.05) is 6.67 Å². The molecule has 12 heteroatoms. The number of alkyl halides is 4. The van der Waals surface area contributed by atoms with E-state index in [9.17, 15) is 26.3 Å². The normalized spacial score (nSPS) is 21.1. The molecule has 5 nitrogen and oxygen atoms in total. The molecule has 0 saturated carbocycles. The van der Waals surface area contributed by atoms with Crippen molar-refractivity contribution in [1.82, 2.24) is 9.97 Å². The molecule has 1 aromatic carbocycles. The third-order valence-corrected chi connectivity index (χ3v) is 5.51. The van der Waals surface area contributed by atoms with Crippen LogP contribution in [0.4, 0.5) is 26.3 Å². The molecule has 174 valence electrons. The lowest BCUT2D eigenvalue weighted by Gasteiger charge is -2.36. The van der Waals surface area contributed by atoms with E-state index in [0.29, 0.717) is 21.6 Å². The Kier molecular flexibility index (Phi) is 5.85. The van der Waals surface area contributed by atoms with Crippen molar-refractivity contribution in [3.8, 4) is 0 Å². The molecule has 3 aromatic rings. The highest BCUT2D eigenvalue weighted by Gasteiger charge is 2.52. The number of hydrogen-bond donors (Lipinski definition) is 1. The molecule has 0 fully saturated rings. The van der Waals surface area contributed by atoms with Crippen molar-refractivity contribution < 1.29 is 31.1 Å². The minimum absolute atomic E-state index is 0.0725. The van der Waals surface area contributed by atoms with E-state index in [-0.39, 0.29) is 12.0 Å². The number of aromatic nitrogens is 2. The van der Waals surface area contributed by atoms with Crippen LogP contribution < -0.4 is 5.73 Å². The van der Waals surface area contributed by atoms with Gasteiger partial charge in [-0.05, 0) is 29.8 Å². The first-order valence-corrected chi connectivity index (χ1v) is 9.92. The number of hydrogen-bond acceptors (Lipinski definition) is 5. The van der Waals surface area contributed by atoms with Crippen molar-refractivity contribution >= 4 is 28.5 Å². The van der Waals surface area contributed by atoms with Gasteiger partial charge in [-0.25, -0.2) is 18.2 Å². The van der Waals surface area contributed by atoms with Gasteiger partial charge < -0.3 is 10.5 Å². The Labute approximate surface area is 188 Å². The van der Waals surface area contributed by atoms with Gasteiger partial charge in [0.15, 0.2) is 17.7 Å². The molecule has 33 heavy (non-hydrogen) atoms. The minimum Gasteiger partial charge on any atom is -0.452 e. The van der Waals surface area contributed by atoms with Crippen LogP contribution in [-0.4, -0.2) is 34.9 Å². The summed E-state index contributed by atoms with van der Waals surface area (Å²) in [6.07, 6.45) is -5.78. The molecule has 2 aromatic heterocycles. The van der Waals surface area contributed by atoms with Crippen molar-refractivity contribution in [3.05, 3.63) is 70.1 Å². The van der Waals surface area contributed by atoms with E-state index in [1.54, 1.807) is 12.1 Å². The molecule has 2 atom stereocenters. The first-order chi connectivity index (χ1) is 15.5. The van der Waals surface area contributed by atoms with Crippen molar-refractivity contribution in [1.29, 1.82) is 0 Å². The number of amidine groups is 1. The molecule has 4 rings (SSSR count). The van der Waals surface area contributed by atoms with Crippen molar-refractivity contribution in [3.63, 3.8) is 0 Å². The summed E-state index contributed by atoms with van der Waals surface area (Å²) >= 11 is 5.94. The van der Waals surface area contributed by atoms with Crippen LogP contribution in [0.25, 0.3) is 10.9 Å². The number of aliphatic imine (C=N–C) groups is 1. The molecule has 0 aliphatic carbocycles. The molecule has 3 heterocycles. The third-order valence-electron chi connectivity index (χ3n) is 5.30. The molecule has 0 saturated heterocycles. The number of halogens is 7. The summed E-state index contributed by atoms with van der Waals surface area (Å²) in [5, 5.41) is 1.03. The van der Waals surface area contributed by atoms with E-state index in [2.05, 4.69) is 19.7 Å². The Morgan fingerprint density at radius 3 is 2.64 bits per heavy atom. The third kappa shape index (κ3) is 4.41. The lowest BCUT2D eigenvalue weighted by molar-refractivity contribution is -0.209. The summed E-state index contributed by atoms with van der Waals surface area (Å²) in [5.74, 6) is -2.90. The molecular weight excluding hydrogens is 474 g/mol. The van der Waals surface area contributed by atoms with E-state index in [1.807, 2.05) is 0 Å². The van der Waals surface area contributed by atoms with Crippen molar-refractivity contribution in [2.45, 2.75) is 30.7 Å². The highest BCUT2D eigenvalue weighted by Crippen LogP contribution is 2.42. The van der Waals surface area contributed by atoms with Gasteiger partial charge in [0.05, 0.1) is 16.2 Å². The zero-order chi connectivity index (χ0) is 24.0. The maximum Gasteiger partial charge on any atom is 0.425 e. The van der Waals surface area contributed by atoms with Gasteiger partial charge >= 0.3 is 6.18 Å². The predicted molar refractivity (Wildman–Crippen MR) is 109 cm³/mol. The van der Waals surface area contributed by atoms with Crippen molar-refractivity contribution in [2.24, 2.45) is 10.7 Å². The lowest BCUT2D eigenvalue weighted by Crippen LogP contribution is -2.48. The number of nitrogens with two attached hydrogens (primary N) is 1. The van der Waals surface area contributed by atoms with Crippen LogP contribution in [0, 0.1) is 11.6 Å². The molecule has 0 spiro atoms. The topological polar surface area (TPSA) is 73.4 Å². The van der Waals surface area contributed by atoms with Gasteiger partial charge in [-0.1, -0.05) is 11.6 Å². The average molecular weight is 489 g/mol. The molecule has 1 aliphatic heterocycles. The minimum atomic E-state index is -4.92. The summed E-state index contributed by atoms with van der Waals surface area (Å²) in [5.41, 5.74) is 3.18. The Morgan fingerprint density at radius 2 is 1.94 bits per heavy atom. The smallest absolute Gasteiger partial charge is 0.425 e. The summed E-state index contributed by atoms with van der Waals surface area (Å²) < 4.78 is 87.8. The summed E-state index contributed by atoms with van der Waals surface area (Å²) in [4.78, 5) is 12.0. The summed E-state index contributed by atoms with van der Waals surface area (Å²) in [6.45, 7) is -1.56. The fourth-order valence-corrected chi connectivity index (χ4v) is 3.95. The van der Waals surface area contributed by atoms with Crippen LogP contribution in [0.1, 0.15) is 23.2 Å². The predicted octanol–water partition coefficient (Wildman–Crippen LogP) is 4.98. The number of fused-ring (bicyclic) bond motifs is 1. The van der Waals surface area contributed by atoms with Crippen LogP contribution in [0.5, 0.6) is 0 Å². The van der Waals surface area contributed by atoms with Crippen LogP contribution in [-0.2, 0) is 16.7 Å². The first-order valence-electron chi connectivity index (χ1n) is 9.54. The van der Waals surface area contributed by atoms with E-state index < -0.39 is 54.1 Å². The molecular formula is C21H15ClF6N4O. The van der Waals surface area contributed by atoms with Gasteiger partial charge in [0, 0.05) is 36.2 Å². The summed E-state index contributed by atoms with van der Waals surface area (Å²) in [7, 11) is 0. The maximum atomic E-state index is 14.8. The Morgan fingerprint density at radius 1 is 1.18 bits per heavy atom. The number of benzene rings is 1. The van der Waals surface area contributed by atoms with Crippen LogP contribution >= 0.6 is 11.6 Å². The molecule has 0 amide bonds. The van der Waals surface area contributed by atoms with Gasteiger partial charge in [-0.3, -0.25) is 9.97 Å². The Bertz CT molecular complexity index is 1250. The fraction of sp³-hybridized carbons (Fsp3) is 0.286. The molecule has 0 radical (unpaired) electrons.